The van der Waals surface area contributed by atoms with Gasteiger partial charge >= 0.3 is 24.1 Å². The number of nitrogens with two attached hydrogens (primary N) is 1. The second-order valence-corrected chi connectivity index (χ2v) is 6.12. The normalized spacial score (nSPS) is 11.4. The Labute approximate surface area is 185 Å². The maximum atomic E-state index is 12.7. The molecule has 2 aromatic heterocycles. The number of halogens is 6. The zero-order valence-electron chi connectivity index (χ0n) is 16.7. The van der Waals surface area contributed by atoms with E-state index in [-0.39, 0.29) is 30.4 Å². The molecule has 3 aromatic rings. The Balaban J connectivity index is 0.000000509. The molecule has 0 atom stereocenters. The van der Waals surface area contributed by atoms with E-state index in [0.717, 1.165) is 12.1 Å². The predicted molar refractivity (Wildman–Crippen MR) is 103 cm³/mol. The van der Waals surface area contributed by atoms with Crippen LogP contribution in [0.2, 0.25) is 0 Å². The van der Waals surface area contributed by atoms with Crippen molar-refractivity contribution in [3.05, 3.63) is 52.6 Å². The van der Waals surface area contributed by atoms with E-state index in [1.165, 1.54) is 24.4 Å². The van der Waals surface area contributed by atoms with Gasteiger partial charge in [0, 0.05) is 18.4 Å². The van der Waals surface area contributed by atoms with Gasteiger partial charge in [0.1, 0.15) is 23.7 Å². The molecule has 0 aliphatic heterocycles. The van der Waals surface area contributed by atoms with Crippen molar-refractivity contribution in [1.82, 2.24) is 15.1 Å². The quantitative estimate of drug-likeness (QED) is 0.377. The van der Waals surface area contributed by atoms with Crippen molar-refractivity contribution in [3.63, 3.8) is 0 Å². The molecule has 0 amide bonds. The fourth-order valence-electron chi connectivity index (χ4n) is 2.27. The Morgan fingerprint density at radius 1 is 1.15 bits per heavy atom. The van der Waals surface area contributed by atoms with Gasteiger partial charge in [-0.1, -0.05) is 5.16 Å². The first-order valence-corrected chi connectivity index (χ1v) is 8.95. The number of carboxylic acids is 1. The number of nitrogens with one attached hydrogen (secondary N) is 2. The van der Waals surface area contributed by atoms with E-state index < -0.39 is 29.6 Å². The second kappa shape index (κ2) is 10.7. The Morgan fingerprint density at radius 3 is 2.24 bits per heavy atom. The summed E-state index contributed by atoms with van der Waals surface area (Å²) >= 11 is 0. The SMILES string of the molecule is NCCOc1ccnc(Nc2ccc(C(F)(F)F)cc2)c1-c1noc(=O)[nH]1.O=C(O)C(F)(F)F. The summed E-state index contributed by atoms with van der Waals surface area (Å²) in [7, 11) is 0. The molecular formula is C18H15F6N5O5. The summed E-state index contributed by atoms with van der Waals surface area (Å²) in [5.74, 6) is -2.97. The van der Waals surface area contributed by atoms with Crippen LogP contribution in [0.5, 0.6) is 5.75 Å². The number of hydrogen-bond donors (Lipinski definition) is 4. The number of hydrogen-bond acceptors (Lipinski definition) is 8. The summed E-state index contributed by atoms with van der Waals surface area (Å²) in [6, 6.07) is 5.93. The number of rotatable bonds is 6. The van der Waals surface area contributed by atoms with E-state index in [1.54, 1.807) is 0 Å². The lowest BCUT2D eigenvalue weighted by atomic mass is 10.2. The van der Waals surface area contributed by atoms with Crippen molar-refractivity contribution in [2.45, 2.75) is 12.4 Å². The molecule has 34 heavy (non-hydrogen) atoms. The molecule has 5 N–H and O–H groups in total. The molecule has 0 bridgehead atoms. The molecule has 184 valence electrons. The Morgan fingerprint density at radius 2 is 1.76 bits per heavy atom. The van der Waals surface area contributed by atoms with Crippen molar-refractivity contribution < 1.29 is 45.5 Å². The number of ether oxygens (including phenoxy) is 1. The molecule has 0 aliphatic rings. The Kier molecular flexibility index (Phi) is 8.23. The van der Waals surface area contributed by atoms with E-state index in [4.69, 9.17) is 20.4 Å². The molecule has 10 nitrogen and oxygen atoms in total. The summed E-state index contributed by atoms with van der Waals surface area (Å²) in [4.78, 5) is 26.7. The van der Waals surface area contributed by atoms with Crippen LogP contribution in [0.1, 0.15) is 5.56 Å². The highest BCUT2D eigenvalue weighted by Crippen LogP contribution is 2.35. The summed E-state index contributed by atoms with van der Waals surface area (Å²) in [6.07, 6.45) is -8.09. The van der Waals surface area contributed by atoms with Crippen molar-refractivity contribution in [2.75, 3.05) is 18.5 Å². The van der Waals surface area contributed by atoms with E-state index >= 15 is 0 Å². The maximum absolute atomic E-state index is 12.7. The summed E-state index contributed by atoms with van der Waals surface area (Å²) in [5, 5.41) is 13.6. The van der Waals surface area contributed by atoms with Gasteiger partial charge in [-0.25, -0.2) is 14.6 Å². The van der Waals surface area contributed by atoms with E-state index in [2.05, 4.69) is 25.0 Å². The summed E-state index contributed by atoms with van der Waals surface area (Å²) in [5.41, 5.74) is 5.28. The molecule has 3 rings (SSSR count). The minimum absolute atomic E-state index is 0.0505. The van der Waals surface area contributed by atoms with Gasteiger partial charge in [0.25, 0.3) is 0 Å². The molecule has 16 heteroatoms. The van der Waals surface area contributed by atoms with Crippen molar-refractivity contribution >= 4 is 17.5 Å². The highest BCUT2D eigenvalue weighted by Gasteiger charge is 2.38. The molecule has 0 saturated carbocycles. The first-order chi connectivity index (χ1) is 15.8. The minimum Gasteiger partial charge on any atom is -0.491 e. The molecule has 0 radical (unpaired) electrons. The highest BCUT2D eigenvalue weighted by molar-refractivity contribution is 5.79. The monoisotopic (exact) mass is 495 g/mol. The minimum atomic E-state index is -5.08. The average Bonchev–Trinajstić information content (AvgIpc) is 3.17. The van der Waals surface area contributed by atoms with Crippen LogP contribution in [0.25, 0.3) is 11.4 Å². The number of anilines is 2. The largest absolute Gasteiger partial charge is 0.491 e. The maximum Gasteiger partial charge on any atom is 0.490 e. The van der Waals surface area contributed by atoms with E-state index in [1.807, 2.05) is 0 Å². The standard InChI is InChI=1S/C16H14F3N5O3.C2HF3O2/c17-16(18,19)9-1-3-10(4-2-9)22-13-12(14-23-15(25)27-24-14)11(5-7-21-13)26-8-6-20;3-2(4,5)1(6)7/h1-5,7H,6,8,20H2,(H,21,22)(H,23,24,25);(H,6,7). The van der Waals surface area contributed by atoms with Crippen molar-refractivity contribution in [3.8, 4) is 17.1 Å². The number of aromatic nitrogens is 3. The van der Waals surface area contributed by atoms with E-state index in [0.29, 0.717) is 11.4 Å². The van der Waals surface area contributed by atoms with Crippen LogP contribution in [-0.4, -0.2) is 45.5 Å². The number of pyridine rings is 1. The fraction of sp³-hybridized carbons (Fsp3) is 0.222. The molecule has 0 fully saturated rings. The smallest absolute Gasteiger partial charge is 0.490 e. The van der Waals surface area contributed by atoms with E-state index in [9.17, 15) is 31.1 Å². The number of aromatic amines is 1. The van der Waals surface area contributed by atoms with Gasteiger partial charge in [-0.3, -0.25) is 9.51 Å². The third-order valence-electron chi connectivity index (χ3n) is 3.68. The van der Waals surface area contributed by atoms with Crippen LogP contribution in [-0.2, 0) is 11.0 Å². The first-order valence-electron chi connectivity index (χ1n) is 8.95. The van der Waals surface area contributed by atoms with Crippen molar-refractivity contribution in [1.29, 1.82) is 0 Å². The molecule has 0 unspecified atom stereocenters. The van der Waals surface area contributed by atoms with Gasteiger partial charge in [-0.15, -0.1) is 0 Å². The van der Waals surface area contributed by atoms with Crippen LogP contribution in [0.3, 0.4) is 0 Å². The molecular weight excluding hydrogens is 480 g/mol. The average molecular weight is 495 g/mol. The molecule has 0 aliphatic carbocycles. The Bertz CT molecular complexity index is 1160. The lowest BCUT2D eigenvalue weighted by molar-refractivity contribution is -0.192. The van der Waals surface area contributed by atoms with Crippen LogP contribution < -0.4 is 21.5 Å². The van der Waals surface area contributed by atoms with Gasteiger partial charge in [-0.05, 0) is 30.3 Å². The van der Waals surface area contributed by atoms with Gasteiger partial charge < -0.3 is 20.9 Å². The number of aliphatic carboxylic acids is 1. The number of alkyl halides is 6. The zero-order valence-corrected chi connectivity index (χ0v) is 16.7. The summed E-state index contributed by atoms with van der Waals surface area (Å²) < 4.78 is 79.9. The molecule has 1 aromatic carbocycles. The highest BCUT2D eigenvalue weighted by atomic mass is 19.4. The second-order valence-electron chi connectivity index (χ2n) is 6.12. The zero-order chi connectivity index (χ0) is 25.5. The third-order valence-corrected chi connectivity index (χ3v) is 3.68. The van der Waals surface area contributed by atoms with Crippen LogP contribution in [0.15, 0.2) is 45.8 Å². The number of H-pyrrole nitrogens is 1. The topological polar surface area (TPSA) is 156 Å². The lowest BCUT2D eigenvalue weighted by Crippen LogP contribution is -2.21. The van der Waals surface area contributed by atoms with Gasteiger partial charge in [0.15, 0.2) is 5.82 Å². The number of carbonyl (C=O) groups is 1. The predicted octanol–water partition coefficient (Wildman–Crippen LogP) is 3.16. The fourth-order valence-corrected chi connectivity index (χ4v) is 2.27. The number of carboxylic acid groups (broad SMARTS) is 1. The Hall–Kier alpha value is -4.08. The molecule has 0 spiro atoms. The van der Waals surface area contributed by atoms with Gasteiger partial charge in [0.2, 0.25) is 0 Å². The lowest BCUT2D eigenvalue weighted by Gasteiger charge is -2.14. The van der Waals surface area contributed by atoms with Crippen LogP contribution in [0.4, 0.5) is 37.8 Å². The number of nitrogens with zero attached hydrogens (tertiary/aromatic N) is 2. The number of benzene rings is 1. The van der Waals surface area contributed by atoms with Gasteiger partial charge in [0.05, 0.1) is 5.56 Å². The van der Waals surface area contributed by atoms with Gasteiger partial charge in [-0.2, -0.15) is 26.3 Å². The van der Waals surface area contributed by atoms with Crippen molar-refractivity contribution in [2.24, 2.45) is 5.73 Å². The first kappa shape index (κ1) is 26.2. The van der Waals surface area contributed by atoms with Crippen LogP contribution in [0, 0.1) is 0 Å². The molecule has 2 heterocycles. The van der Waals surface area contributed by atoms with Crippen LogP contribution >= 0.6 is 0 Å². The third kappa shape index (κ3) is 7.22. The molecule has 0 saturated heterocycles. The summed E-state index contributed by atoms with van der Waals surface area (Å²) in [6.45, 7) is 0.442.